The molecular weight excluding hydrogens is 264 g/mol. The fourth-order valence-electron chi connectivity index (χ4n) is 2.03. The van der Waals surface area contributed by atoms with Crippen molar-refractivity contribution in [3.63, 3.8) is 0 Å². The van der Waals surface area contributed by atoms with E-state index in [2.05, 4.69) is 68.3 Å². The van der Waals surface area contributed by atoms with Crippen LogP contribution in [0.1, 0.15) is 36.7 Å². The molecule has 2 rings (SSSR count). The zero-order valence-corrected chi connectivity index (χ0v) is 13.4. The standard InChI is InChI=1S/C17H22N2S/c1-5-18-14(4)17-9-8-16(11-19-17)20-15-7-6-12(2)13(3)10-15/h6-11,14,18H,5H2,1-4H3. The van der Waals surface area contributed by atoms with Crippen molar-refractivity contribution in [3.8, 4) is 0 Å². The van der Waals surface area contributed by atoms with Crippen LogP contribution in [-0.2, 0) is 0 Å². The van der Waals surface area contributed by atoms with Gasteiger partial charge in [-0.25, -0.2) is 0 Å². The number of rotatable bonds is 5. The molecule has 1 aromatic carbocycles. The maximum absolute atomic E-state index is 4.55. The number of aryl methyl sites for hydroxylation is 2. The third kappa shape index (κ3) is 3.84. The molecule has 0 amide bonds. The molecule has 0 aliphatic heterocycles. The molecule has 20 heavy (non-hydrogen) atoms. The van der Waals surface area contributed by atoms with Crippen molar-refractivity contribution < 1.29 is 0 Å². The Balaban J connectivity index is 2.08. The summed E-state index contributed by atoms with van der Waals surface area (Å²) in [5.74, 6) is 0. The zero-order valence-electron chi connectivity index (χ0n) is 12.6. The molecule has 0 fully saturated rings. The summed E-state index contributed by atoms with van der Waals surface area (Å²) in [7, 11) is 0. The second-order valence-electron chi connectivity index (χ2n) is 5.05. The fraction of sp³-hybridized carbons (Fsp3) is 0.353. The number of benzene rings is 1. The van der Waals surface area contributed by atoms with Crippen molar-refractivity contribution in [2.45, 2.75) is 43.5 Å². The topological polar surface area (TPSA) is 24.9 Å². The first kappa shape index (κ1) is 15.1. The van der Waals surface area contributed by atoms with Crippen LogP contribution in [0, 0.1) is 13.8 Å². The smallest absolute Gasteiger partial charge is 0.0571 e. The van der Waals surface area contributed by atoms with Crippen molar-refractivity contribution >= 4 is 11.8 Å². The highest BCUT2D eigenvalue weighted by molar-refractivity contribution is 7.99. The minimum absolute atomic E-state index is 0.306. The van der Waals surface area contributed by atoms with Crippen LogP contribution < -0.4 is 5.32 Å². The lowest BCUT2D eigenvalue weighted by atomic mass is 10.1. The molecule has 1 heterocycles. The van der Waals surface area contributed by atoms with E-state index in [0.29, 0.717) is 6.04 Å². The van der Waals surface area contributed by atoms with Gasteiger partial charge in [0.25, 0.3) is 0 Å². The van der Waals surface area contributed by atoms with Gasteiger partial charge >= 0.3 is 0 Å². The van der Waals surface area contributed by atoms with Crippen molar-refractivity contribution in [2.75, 3.05) is 6.54 Å². The van der Waals surface area contributed by atoms with Crippen LogP contribution in [0.2, 0.25) is 0 Å². The maximum Gasteiger partial charge on any atom is 0.0571 e. The second kappa shape index (κ2) is 6.91. The minimum atomic E-state index is 0.306. The van der Waals surface area contributed by atoms with Crippen molar-refractivity contribution in [3.05, 3.63) is 53.3 Å². The van der Waals surface area contributed by atoms with E-state index < -0.39 is 0 Å². The molecule has 1 atom stereocenters. The predicted molar refractivity (Wildman–Crippen MR) is 86.4 cm³/mol. The molecule has 2 nitrogen and oxygen atoms in total. The first-order valence-electron chi connectivity index (χ1n) is 7.04. The van der Waals surface area contributed by atoms with Gasteiger partial charge in [0.15, 0.2) is 0 Å². The summed E-state index contributed by atoms with van der Waals surface area (Å²) < 4.78 is 0. The fourth-order valence-corrected chi connectivity index (χ4v) is 2.92. The van der Waals surface area contributed by atoms with Gasteiger partial charge in [0, 0.05) is 22.0 Å². The molecule has 1 N–H and O–H groups in total. The lowest BCUT2D eigenvalue weighted by Gasteiger charge is -2.12. The average Bonchev–Trinajstić information content (AvgIpc) is 2.44. The lowest BCUT2D eigenvalue weighted by molar-refractivity contribution is 0.582. The summed E-state index contributed by atoms with van der Waals surface area (Å²) >= 11 is 1.76. The summed E-state index contributed by atoms with van der Waals surface area (Å²) in [6, 6.07) is 11.1. The van der Waals surface area contributed by atoms with Gasteiger partial charge in [-0.3, -0.25) is 4.98 Å². The third-order valence-corrected chi connectivity index (χ3v) is 4.39. The van der Waals surface area contributed by atoms with Crippen molar-refractivity contribution in [2.24, 2.45) is 0 Å². The Bertz CT molecular complexity index is 564. The quantitative estimate of drug-likeness (QED) is 0.874. The van der Waals surface area contributed by atoms with Crippen LogP contribution in [0.25, 0.3) is 0 Å². The number of pyridine rings is 1. The summed E-state index contributed by atoms with van der Waals surface area (Å²) in [6.45, 7) is 9.51. The van der Waals surface area contributed by atoms with E-state index in [1.807, 2.05) is 6.20 Å². The van der Waals surface area contributed by atoms with E-state index in [1.165, 1.54) is 20.9 Å². The van der Waals surface area contributed by atoms with Gasteiger partial charge in [-0.2, -0.15) is 0 Å². The SMILES string of the molecule is CCNC(C)c1ccc(Sc2ccc(C)c(C)c2)cn1. The highest BCUT2D eigenvalue weighted by atomic mass is 32.2. The summed E-state index contributed by atoms with van der Waals surface area (Å²) in [5, 5.41) is 3.38. The van der Waals surface area contributed by atoms with Crippen LogP contribution in [-0.4, -0.2) is 11.5 Å². The Morgan fingerprint density at radius 2 is 1.85 bits per heavy atom. The van der Waals surface area contributed by atoms with Gasteiger partial charge in [0.1, 0.15) is 0 Å². The molecule has 0 bridgehead atoms. The second-order valence-corrected chi connectivity index (χ2v) is 6.19. The molecule has 0 saturated carbocycles. The molecule has 3 heteroatoms. The van der Waals surface area contributed by atoms with Crippen molar-refractivity contribution in [1.82, 2.24) is 10.3 Å². The molecule has 0 aliphatic carbocycles. The van der Waals surface area contributed by atoms with Crippen LogP contribution in [0.3, 0.4) is 0 Å². The van der Waals surface area contributed by atoms with Gasteiger partial charge in [0.05, 0.1) is 5.69 Å². The Morgan fingerprint density at radius 3 is 2.45 bits per heavy atom. The first-order valence-corrected chi connectivity index (χ1v) is 7.86. The van der Waals surface area contributed by atoms with E-state index in [4.69, 9.17) is 0 Å². The minimum Gasteiger partial charge on any atom is -0.309 e. The molecule has 1 unspecified atom stereocenters. The van der Waals surface area contributed by atoms with Gasteiger partial charge in [-0.05, 0) is 62.7 Å². The Morgan fingerprint density at radius 1 is 1.10 bits per heavy atom. The van der Waals surface area contributed by atoms with Crippen LogP contribution in [0.5, 0.6) is 0 Å². The van der Waals surface area contributed by atoms with Gasteiger partial charge in [-0.15, -0.1) is 0 Å². The molecule has 0 spiro atoms. The normalized spacial score (nSPS) is 12.4. The predicted octanol–water partition coefficient (Wildman–Crippen LogP) is 4.52. The van der Waals surface area contributed by atoms with E-state index in [-0.39, 0.29) is 0 Å². The van der Waals surface area contributed by atoms with Gasteiger partial charge < -0.3 is 5.32 Å². The Hall–Kier alpha value is -1.32. The Kier molecular flexibility index (Phi) is 5.21. The van der Waals surface area contributed by atoms with Crippen LogP contribution >= 0.6 is 11.8 Å². The number of hydrogen-bond acceptors (Lipinski definition) is 3. The molecule has 0 saturated heterocycles. The monoisotopic (exact) mass is 286 g/mol. The number of nitrogens with zero attached hydrogens (tertiary/aromatic N) is 1. The average molecular weight is 286 g/mol. The third-order valence-electron chi connectivity index (χ3n) is 3.43. The Labute approximate surface area is 126 Å². The summed E-state index contributed by atoms with van der Waals surface area (Å²) in [5.41, 5.74) is 3.76. The van der Waals surface area contributed by atoms with Gasteiger partial charge in [-0.1, -0.05) is 24.8 Å². The van der Waals surface area contributed by atoms with E-state index in [0.717, 1.165) is 12.2 Å². The van der Waals surface area contributed by atoms with E-state index in [9.17, 15) is 0 Å². The zero-order chi connectivity index (χ0) is 14.5. The molecule has 106 valence electrons. The lowest BCUT2D eigenvalue weighted by Crippen LogP contribution is -2.18. The van der Waals surface area contributed by atoms with E-state index >= 15 is 0 Å². The highest BCUT2D eigenvalue weighted by Crippen LogP contribution is 2.29. The van der Waals surface area contributed by atoms with Crippen molar-refractivity contribution in [1.29, 1.82) is 0 Å². The number of nitrogens with one attached hydrogen (secondary N) is 1. The van der Waals surface area contributed by atoms with Gasteiger partial charge in [0.2, 0.25) is 0 Å². The summed E-state index contributed by atoms with van der Waals surface area (Å²) in [6.07, 6.45) is 1.96. The number of hydrogen-bond donors (Lipinski definition) is 1. The molecule has 1 aromatic heterocycles. The molecule has 0 radical (unpaired) electrons. The molecular formula is C17H22N2S. The largest absolute Gasteiger partial charge is 0.309 e. The highest BCUT2D eigenvalue weighted by Gasteiger charge is 2.05. The molecule has 0 aliphatic rings. The summed E-state index contributed by atoms with van der Waals surface area (Å²) in [4.78, 5) is 7.00. The molecule has 2 aromatic rings. The number of aromatic nitrogens is 1. The van der Waals surface area contributed by atoms with Crippen LogP contribution in [0.15, 0.2) is 46.3 Å². The maximum atomic E-state index is 4.55. The van der Waals surface area contributed by atoms with E-state index in [1.54, 1.807) is 11.8 Å². The first-order chi connectivity index (χ1) is 9.60. The van der Waals surface area contributed by atoms with Crippen LogP contribution in [0.4, 0.5) is 0 Å².